The molecule has 6 N–H and O–H groups in total. The maximum absolute atomic E-state index is 14.4. The van der Waals surface area contributed by atoms with E-state index in [0.717, 1.165) is 11.3 Å². The monoisotopic (exact) mass is 814 g/mol. The van der Waals surface area contributed by atoms with Gasteiger partial charge in [0.2, 0.25) is 29.3 Å². The molecule has 3 atom stereocenters. The van der Waals surface area contributed by atoms with Crippen LogP contribution in [0.3, 0.4) is 0 Å². The summed E-state index contributed by atoms with van der Waals surface area (Å²) >= 11 is 5.96. The van der Waals surface area contributed by atoms with Crippen molar-refractivity contribution in [2.45, 2.75) is 96.2 Å². The minimum absolute atomic E-state index is 0.0801. The third-order valence-corrected chi connectivity index (χ3v) is 9.42. The Labute approximate surface area is 324 Å². The molecule has 0 spiro atoms. The summed E-state index contributed by atoms with van der Waals surface area (Å²) in [5, 5.41) is 9.46. The van der Waals surface area contributed by atoms with Gasteiger partial charge >= 0.3 is 6.03 Å². The Bertz CT molecular complexity index is 1780. The van der Waals surface area contributed by atoms with Crippen molar-refractivity contribution >= 4 is 53.0 Å². The molecular weight excluding hydrogens is 771 g/mol. The van der Waals surface area contributed by atoms with Gasteiger partial charge in [-0.15, -0.1) is 0 Å². The number of halogens is 6. The van der Waals surface area contributed by atoms with Crippen LogP contribution in [-0.2, 0) is 35.2 Å². The van der Waals surface area contributed by atoms with Crippen molar-refractivity contribution in [2.24, 2.45) is 11.7 Å². The number of Topliss-reactive ketones (excluding diaryl/α,β-unsaturated/α-hetero) is 1. The molecule has 2 aromatic carbocycles. The highest BCUT2D eigenvalue weighted by molar-refractivity contribution is 6.38. The lowest BCUT2D eigenvalue weighted by atomic mass is 9.83. The summed E-state index contributed by atoms with van der Waals surface area (Å²) in [6.45, 7) is 2.42. The molecule has 3 unspecified atom stereocenters. The van der Waals surface area contributed by atoms with Crippen molar-refractivity contribution in [3.05, 3.63) is 69.5 Å². The van der Waals surface area contributed by atoms with Gasteiger partial charge in [-0.3, -0.25) is 33.7 Å². The van der Waals surface area contributed by atoms with Crippen LogP contribution in [0.25, 0.3) is 0 Å². The largest absolute Gasteiger partial charge is 0.368 e. The van der Waals surface area contributed by atoms with Crippen molar-refractivity contribution < 1.29 is 55.5 Å². The first kappa shape index (κ1) is 45.3. The highest BCUT2D eigenvalue weighted by Crippen LogP contribution is 2.29. The standard InChI is InChI=1S/C37H44ClF5N6O7/c1-3-5-15-49(36(55)32(19-11-7-6-8-12-19)47-24(50)17-22-26(39)28(41)30(43)29(42)27(22)40)37(56)46-23(10-4-2)33(52)35(54)45-18-25(51)48-31(34(44)53)20-13-9-14-21(38)16-20/h9,13-14,16,19,23,31-32H,3-8,10-12,15,17-18H2,1-2H3,(H2,44,53)(H,45,54)(H,46,56)(H,47,50)(H,48,51). The number of amides is 7. The number of urea groups is 1. The zero-order valence-electron chi connectivity index (χ0n) is 30.8. The molecule has 3 rings (SSSR count). The van der Waals surface area contributed by atoms with Gasteiger partial charge in [0.15, 0.2) is 23.3 Å². The number of rotatable bonds is 18. The van der Waals surface area contributed by atoms with Gasteiger partial charge in [0.25, 0.3) is 11.8 Å². The van der Waals surface area contributed by atoms with E-state index in [4.69, 9.17) is 17.3 Å². The smallest absolute Gasteiger partial charge is 0.324 e. The van der Waals surface area contributed by atoms with Crippen LogP contribution in [0.15, 0.2) is 24.3 Å². The van der Waals surface area contributed by atoms with E-state index in [-0.39, 0.29) is 36.4 Å². The molecule has 0 aromatic heterocycles. The van der Waals surface area contributed by atoms with Gasteiger partial charge in [0.1, 0.15) is 12.1 Å². The number of imide groups is 1. The predicted molar refractivity (Wildman–Crippen MR) is 192 cm³/mol. The summed E-state index contributed by atoms with van der Waals surface area (Å²) in [4.78, 5) is 92.5. The van der Waals surface area contributed by atoms with Crippen LogP contribution in [0, 0.1) is 35.0 Å². The number of carbonyl (C=O) groups is 7. The van der Waals surface area contributed by atoms with Gasteiger partial charge in [0, 0.05) is 17.1 Å². The first-order chi connectivity index (χ1) is 26.5. The second-order valence-corrected chi connectivity index (χ2v) is 13.7. The third-order valence-electron chi connectivity index (χ3n) is 9.18. The lowest BCUT2D eigenvalue weighted by Crippen LogP contribution is -2.59. The van der Waals surface area contributed by atoms with E-state index in [0.29, 0.717) is 32.1 Å². The van der Waals surface area contributed by atoms with Crippen LogP contribution in [-0.4, -0.2) is 71.4 Å². The summed E-state index contributed by atoms with van der Waals surface area (Å²) in [5.74, 6) is -18.3. The highest BCUT2D eigenvalue weighted by atomic mass is 35.5. The number of primary amides is 1. The maximum atomic E-state index is 14.4. The summed E-state index contributed by atoms with van der Waals surface area (Å²) in [5.41, 5.74) is 4.28. The van der Waals surface area contributed by atoms with E-state index in [1.807, 2.05) is 0 Å². The third kappa shape index (κ3) is 11.9. The van der Waals surface area contributed by atoms with Crippen LogP contribution in [0.1, 0.15) is 88.8 Å². The van der Waals surface area contributed by atoms with E-state index in [9.17, 15) is 55.5 Å². The summed E-state index contributed by atoms with van der Waals surface area (Å²) < 4.78 is 70.1. The Morgan fingerprint density at radius 1 is 0.839 bits per heavy atom. The SMILES string of the molecule is CCCCN(C(=O)NC(CCC)C(=O)C(=O)NCC(=O)NC(C(N)=O)c1cccc(Cl)c1)C(=O)C(NC(=O)Cc1c(F)c(F)c(F)c(F)c1F)C1CCCCC1. The van der Waals surface area contributed by atoms with Crippen LogP contribution >= 0.6 is 11.6 Å². The number of nitrogens with two attached hydrogens (primary N) is 1. The van der Waals surface area contributed by atoms with Crippen LogP contribution in [0.2, 0.25) is 5.02 Å². The van der Waals surface area contributed by atoms with Gasteiger partial charge in [-0.25, -0.2) is 26.7 Å². The lowest BCUT2D eigenvalue weighted by molar-refractivity contribution is -0.140. The predicted octanol–water partition coefficient (Wildman–Crippen LogP) is 4.18. The fourth-order valence-corrected chi connectivity index (χ4v) is 6.44. The van der Waals surface area contributed by atoms with Gasteiger partial charge in [-0.2, -0.15) is 0 Å². The minimum Gasteiger partial charge on any atom is -0.368 e. The summed E-state index contributed by atoms with van der Waals surface area (Å²) in [6.07, 6.45) is 2.47. The van der Waals surface area contributed by atoms with Gasteiger partial charge in [-0.1, -0.05) is 69.7 Å². The number of benzene rings is 2. The molecule has 1 aliphatic rings. The molecule has 0 bridgehead atoms. The molecule has 13 nitrogen and oxygen atoms in total. The van der Waals surface area contributed by atoms with Gasteiger partial charge in [-0.05, 0) is 49.3 Å². The normalized spacial score (nSPS) is 14.5. The van der Waals surface area contributed by atoms with E-state index in [2.05, 4.69) is 21.3 Å². The molecule has 0 radical (unpaired) electrons. The van der Waals surface area contributed by atoms with Crippen LogP contribution in [0.4, 0.5) is 26.7 Å². The fourth-order valence-electron chi connectivity index (χ4n) is 6.24. The van der Waals surface area contributed by atoms with E-state index < -0.39 is 113 Å². The molecule has 1 saturated carbocycles. The molecule has 0 saturated heterocycles. The molecule has 1 fully saturated rings. The number of carbonyl (C=O) groups excluding carboxylic acids is 7. The Morgan fingerprint density at radius 3 is 2.04 bits per heavy atom. The van der Waals surface area contributed by atoms with E-state index >= 15 is 0 Å². The summed E-state index contributed by atoms with van der Waals surface area (Å²) in [6, 6.07) is 0.568. The second-order valence-electron chi connectivity index (χ2n) is 13.3. The van der Waals surface area contributed by atoms with Gasteiger partial charge in [0.05, 0.1) is 19.0 Å². The van der Waals surface area contributed by atoms with Crippen molar-refractivity contribution in [1.82, 2.24) is 26.2 Å². The molecule has 0 heterocycles. The fraction of sp³-hybridized carbons (Fsp3) is 0.486. The number of nitrogens with one attached hydrogen (secondary N) is 4. The molecule has 7 amide bonds. The van der Waals surface area contributed by atoms with E-state index in [1.54, 1.807) is 13.8 Å². The van der Waals surface area contributed by atoms with Gasteiger partial charge < -0.3 is 27.0 Å². The zero-order chi connectivity index (χ0) is 41.7. The topological polar surface area (TPSA) is 197 Å². The maximum Gasteiger partial charge on any atom is 0.324 e. The van der Waals surface area contributed by atoms with E-state index in [1.165, 1.54) is 24.3 Å². The zero-order valence-corrected chi connectivity index (χ0v) is 31.5. The van der Waals surface area contributed by atoms with Crippen molar-refractivity contribution in [3.63, 3.8) is 0 Å². The van der Waals surface area contributed by atoms with Crippen molar-refractivity contribution in [3.8, 4) is 0 Å². The molecule has 19 heteroatoms. The minimum atomic E-state index is -2.40. The number of ketones is 1. The lowest BCUT2D eigenvalue weighted by Gasteiger charge is -2.34. The number of nitrogens with zero attached hydrogens (tertiary/aromatic N) is 1. The van der Waals surface area contributed by atoms with Crippen molar-refractivity contribution in [2.75, 3.05) is 13.1 Å². The quantitative estimate of drug-likeness (QED) is 0.0644. The number of unbranched alkanes of at least 4 members (excludes halogenated alkanes) is 1. The average molecular weight is 815 g/mol. The first-order valence-corrected chi connectivity index (χ1v) is 18.5. The Balaban J connectivity index is 1.78. The van der Waals surface area contributed by atoms with Crippen LogP contribution < -0.4 is 27.0 Å². The molecule has 56 heavy (non-hydrogen) atoms. The Kier molecular flexibility index (Phi) is 17.2. The number of hydrogen-bond donors (Lipinski definition) is 5. The average Bonchev–Trinajstić information content (AvgIpc) is 3.17. The molecule has 306 valence electrons. The molecule has 2 aromatic rings. The second kappa shape index (κ2) is 21.2. The molecular formula is C37H44ClF5N6O7. The molecule has 1 aliphatic carbocycles. The molecule has 0 aliphatic heterocycles. The number of hydrogen-bond acceptors (Lipinski definition) is 7. The highest BCUT2D eigenvalue weighted by Gasteiger charge is 2.38. The first-order valence-electron chi connectivity index (χ1n) is 18.1. The Morgan fingerprint density at radius 2 is 1.46 bits per heavy atom. The van der Waals surface area contributed by atoms with Crippen LogP contribution in [0.5, 0.6) is 0 Å². The summed E-state index contributed by atoms with van der Waals surface area (Å²) in [7, 11) is 0. The van der Waals surface area contributed by atoms with Crippen molar-refractivity contribution in [1.29, 1.82) is 0 Å². The Hall–Kier alpha value is -5.13.